The quantitative estimate of drug-likeness (QED) is 0.0200. The van der Waals surface area contributed by atoms with Crippen LogP contribution in [0.15, 0.2) is 136 Å². The molecule has 7 aromatic rings. The zero-order valence-corrected chi connectivity index (χ0v) is 60.0. The predicted octanol–water partition coefficient (Wildman–Crippen LogP) is 10.8. The van der Waals surface area contributed by atoms with Gasteiger partial charge in [-0.1, -0.05) is 37.1 Å². The number of nitro benzene ring substituents is 3. The summed E-state index contributed by atoms with van der Waals surface area (Å²) in [5, 5.41) is 49.6. The standard InChI is InChI=1S/C45H47ClF3N7O7S.C11H15N3O5S.C6H5FN2O4S.C5H11NO/c1-44(2)13-11-29(37(24-44)35-8-5-30(21-38(35)46)45(47,48)49)27-54-15-17-55(18-16-54)31-6-9-36(41(22-31)63-33-20-28-12-14-50-42(28)52-26-33)43(57)53-64(60,61)34-7-10-39(40(23-34)56(58)59)51-25-32-4-3-19-62-32;12-20(17,18)9-3-4-10(11(6-9)14(15)16)13-7-8-2-1-5-19-8;7-5-2-1-4(14(8,12)13)3-6(5)9(10)11;6-4-5-2-1-3-7-5/h5-10,12,14,20-23,26,32,51H,3-4,11,13,15-19,24-25,27H2,1-2H3,(H,50,52)(H,53,57);3-4,6,8,13H,1-2,5,7H2,(H2,12,17,18);1-3H,(H2,8,12,13);5H,1-4,6H2/t32-;8-;;5-/m11.1/s1. The summed E-state index contributed by atoms with van der Waals surface area (Å²) >= 11 is 6.53. The fourth-order valence-corrected chi connectivity index (χ4v) is 14.5. The number of alkyl halides is 3. The van der Waals surface area contributed by atoms with Crippen LogP contribution in [0.3, 0.4) is 0 Å². The number of nitrogens with one attached hydrogen (secondary N) is 4. The van der Waals surface area contributed by atoms with Crippen LogP contribution in [0.5, 0.6) is 11.5 Å². The first kappa shape index (κ1) is 80.1. The maximum Gasteiger partial charge on any atom is 0.416 e. The third-order valence-electron chi connectivity index (χ3n) is 17.8. The summed E-state index contributed by atoms with van der Waals surface area (Å²) in [4.78, 5) is 55.3. The molecule has 2 aromatic heterocycles. The second-order valence-corrected chi connectivity index (χ2v) is 31.1. The van der Waals surface area contributed by atoms with Gasteiger partial charge in [-0.2, -0.15) is 17.6 Å². The zero-order chi connectivity index (χ0) is 76.2. The molecular weight excluding hydrogens is 1470 g/mol. The highest BCUT2D eigenvalue weighted by Gasteiger charge is 2.35. The number of amides is 1. The minimum atomic E-state index is -4.61. The van der Waals surface area contributed by atoms with Crippen molar-refractivity contribution in [2.45, 2.75) is 111 Å². The van der Waals surface area contributed by atoms with E-state index < -0.39 is 89.5 Å². The van der Waals surface area contributed by atoms with Crippen molar-refractivity contribution in [3.63, 3.8) is 0 Å². The summed E-state index contributed by atoms with van der Waals surface area (Å²) in [5.74, 6) is -1.78. The Morgan fingerprint density at radius 2 is 1.28 bits per heavy atom. The number of aromatic nitrogens is 2. The number of halogens is 5. The van der Waals surface area contributed by atoms with Crippen LogP contribution in [0, 0.1) is 41.6 Å². The number of ether oxygens (including phenoxy) is 4. The first-order chi connectivity index (χ1) is 49.5. The molecular formula is C67H78ClF4N13O17S3. The van der Waals surface area contributed by atoms with Crippen molar-refractivity contribution in [2.24, 2.45) is 21.4 Å². The summed E-state index contributed by atoms with van der Waals surface area (Å²) in [5.41, 5.74) is 7.12. The molecule has 4 saturated heterocycles. The van der Waals surface area contributed by atoms with E-state index in [0.717, 1.165) is 98.4 Å². The van der Waals surface area contributed by atoms with Gasteiger partial charge in [0.2, 0.25) is 25.9 Å². The Labute approximate surface area is 606 Å². The van der Waals surface area contributed by atoms with E-state index in [-0.39, 0.29) is 55.9 Å². The third kappa shape index (κ3) is 21.8. The molecule has 12 rings (SSSR count). The van der Waals surface area contributed by atoms with Crippen molar-refractivity contribution in [3.8, 4) is 11.5 Å². The number of carbonyl (C=O) groups excluding carboxylic acids is 1. The molecule has 10 N–H and O–H groups in total. The zero-order valence-electron chi connectivity index (χ0n) is 56.8. The number of piperazine rings is 1. The van der Waals surface area contributed by atoms with Crippen LogP contribution in [0.25, 0.3) is 16.6 Å². The minimum Gasteiger partial charge on any atom is -0.455 e. The van der Waals surface area contributed by atoms with Gasteiger partial charge in [-0.3, -0.25) is 40.0 Å². The summed E-state index contributed by atoms with van der Waals surface area (Å²) < 4.78 is 149. The Balaban J connectivity index is 0.000000249. The van der Waals surface area contributed by atoms with Gasteiger partial charge in [0, 0.05) is 119 Å². The van der Waals surface area contributed by atoms with Gasteiger partial charge in [0.1, 0.15) is 28.5 Å². The van der Waals surface area contributed by atoms with E-state index in [9.17, 15) is 78.0 Å². The normalized spacial score (nSPS) is 18.4. The molecule has 6 heterocycles. The monoisotopic (exact) mass is 1540 g/mol. The first-order valence-electron chi connectivity index (χ1n) is 33.0. The largest absolute Gasteiger partial charge is 0.455 e. The van der Waals surface area contributed by atoms with Crippen molar-refractivity contribution in [1.82, 2.24) is 19.6 Å². The molecule has 5 aromatic carbocycles. The van der Waals surface area contributed by atoms with Gasteiger partial charge in [0.25, 0.3) is 27.3 Å². The van der Waals surface area contributed by atoms with Crippen LogP contribution in [0.2, 0.25) is 5.02 Å². The molecule has 0 spiro atoms. The average Bonchev–Trinajstić information content (AvgIpc) is 0.825. The number of H-pyrrole nitrogens is 1. The summed E-state index contributed by atoms with van der Waals surface area (Å²) in [7, 11) is -12.6. The lowest BCUT2D eigenvalue weighted by atomic mass is 9.72. The topological polar surface area (TPSA) is 435 Å². The van der Waals surface area contributed by atoms with Crippen LogP contribution in [0.4, 0.5) is 51.7 Å². The molecule has 4 fully saturated rings. The van der Waals surface area contributed by atoms with Crippen LogP contribution >= 0.6 is 11.6 Å². The number of allylic oxidation sites excluding steroid dienone is 1. The smallest absolute Gasteiger partial charge is 0.416 e. The van der Waals surface area contributed by atoms with Crippen LogP contribution in [-0.4, -0.2) is 151 Å². The van der Waals surface area contributed by atoms with E-state index in [2.05, 4.69) is 49.0 Å². The number of fused-ring (bicyclic) bond motifs is 1. The number of hydrogen-bond donors (Lipinski definition) is 7. The average molecular weight is 1550 g/mol. The number of primary sulfonamides is 2. The molecule has 30 nitrogen and oxygen atoms in total. The van der Waals surface area contributed by atoms with Gasteiger partial charge in [-0.15, -0.1) is 0 Å². The van der Waals surface area contributed by atoms with Crippen molar-refractivity contribution >= 4 is 98.3 Å². The van der Waals surface area contributed by atoms with Crippen molar-refractivity contribution in [2.75, 3.05) is 87.7 Å². The maximum atomic E-state index is 13.9. The van der Waals surface area contributed by atoms with Gasteiger partial charge in [-0.25, -0.2) is 45.2 Å². The lowest BCUT2D eigenvalue weighted by molar-refractivity contribution is -0.387. The van der Waals surface area contributed by atoms with E-state index in [4.69, 9.17) is 46.6 Å². The number of carbonyl (C=O) groups is 1. The summed E-state index contributed by atoms with van der Waals surface area (Å²) in [6, 6.07) is 21.0. The van der Waals surface area contributed by atoms with Gasteiger partial charge in [0.05, 0.1) is 65.1 Å². The Morgan fingerprint density at radius 3 is 1.80 bits per heavy atom. The highest BCUT2D eigenvalue weighted by molar-refractivity contribution is 7.90. The first-order valence-corrected chi connectivity index (χ1v) is 38.0. The number of benzene rings is 5. The van der Waals surface area contributed by atoms with Gasteiger partial charge in [0.15, 0.2) is 0 Å². The number of aromatic amines is 1. The molecule has 1 aliphatic carbocycles. The summed E-state index contributed by atoms with van der Waals surface area (Å²) in [6.07, 6.45) is 7.29. The van der Waals surface area contributed by atoms with Gasteiger partial charge in [-0.05, 0) is 147 Å². The Hall–Kier alpha value is -9.02. The molecule has 4 aliphatic heterocycles. The van der Waals surface area contributed by atoms with E-state index in [0.29, 0.717) is 113 Å². The predicted molar refractivity (Wildman–Crippen MR) is 382 cm³/mol. The maximum absolute atomic E-state index is 13.9. The number of hydrogen-bond acceptors (Lipinski definition) is 23. The molecule has 566 valence electrons. The number of pyridine rings is 1. The van der Waals surface area contributed by atoms with Gasteiger partial charge >= 0.3 is 11.9 Å². The number of nitrogens with zero attached hydrogens (tertiary/aromatic N) is 6. The van der Waals surface area contributed by atoms with E-state index in [1.807, 2.05) is 0 Å². The van der Waals surface area contributed by atoms with Crippen LogP contribution in [0.1, 0.15) is 93.1 Å². The van der Waals surface area contributed by atoms with Crippen molar-refractivity contribution in [3.05, 3.63) is 179 Å². The minimum absolute atomic E-state index is 0.0209. The molecule has 5 aliphatic rings. The fourth-order valence-electron chi connectivity index (χ4n) is 12.1. The SMILES string of the molecule is CC1(C)CCC(CN2CCN(c3ccc(C(=O)NS(=O)(=O)c4ccc(NC[C@H]5CCCO5)c([N+](=O)[O-])c4)c(Oc4cnc5[nH]ccc5c4)c3)CC2)=C(c2ccc(C(F)(F)F)cc2Cl)C1.NC[C@H]1CCCO1.NS(=O)(=O)c1ccc(F)c([N+](=O)[O-])c1.NS(=O)(=O)c1ccc(NC[C@H]2CCCO2)c([N+](=O)[O-])c1. The number of rotatable bonds is 21. The van der Waals surface area contributed by atoms with Crippen molar-refractivity contribution < 1.29 is 81.3 Å². The number of nitrogens with two attached hydrogens (primary N) is 3. The highest BCUT2D eigenvalue weighted by atomic mass is 35.5. The lowest BCUT2D eigenvalue weighted by Gasteiger charge is -2.39. The molecule has 0 radical (unpaired) electrons. The summed E-state index contributed by atoms with van der Waals surface area (Å²) in [6.45, 7) is 11.1. The molecule has 1 amide bonds. The van der Waals surface area contributed by atoms with E-state index in [1.165, 1.54) is 49.0 Å². The fraction of sp³-hybridized carbons (Fsp3) is 0.403. The Kier molecular flexibility index (Phi) is 26.3. The Bertz CT molecular complexity index is 4720. The second kappa shape index (κ2) is 34.5. The molecule has 105 heavy (non-hydrogen) atoms. The molecule has 0 unspecified atom stereocenters. The second-order valence-electron chi connectivity index (χ2n) is 25.9. The number of nitro groups is 3. The third-order valence-corrected chi connectivity index (χ3v) is 21.3. The molecule has 38 heteroatoms. The van der Waals surface area contributed by atoms with Crippen LogP contribution < -0.4 is 41.0 Å². The van der Waals surface area contributed by atoms with E-state index >= 15 is 0 Å². The van der Waals surface area contributed by atoms with E-state index in [1.54, 1.807) is 30.5 Å². The highest BCUT2D eigenvalue weighted by Crippen LogP contribution is 2.46. The molecule has 3 atom stereocenters. The number of sulfonamides is 3. The van der Waals surface area contributed by atoms with Gasteiger partial charge < -0.3 is 45.2 Å². The molecule has 0 bridgehead atoms. The number of anilines is 3. The Morgan fingerprint density at radius 1 is 0.724 bits per heavy atom. The van der Waals surface area contributed by atoms with Crippen molar-refractivity contribution in [1.29, 1.82) is 0 Å². The molecule has 0 saturated carbocycles. The van der Waals surface area contributed by atoms with Crippen LogP contribution in [-0.2, 0) is 50.5 Å². The lowest BCUT2D eigenvalue weighted by Crippen LogP contribution is -2.47.